The molecular weight excluding hydrogens is 864 g/mol. The first-order valence-electron chi connectivity index (χ1n) is 18.0. The molecule has 0 bridgehead atoms. The molecule has 0 radical (unpaired) electrons. The van der Waals surface area contributed by atoms with E-state index in [-0.39, 0.29) is 67.5 Å². The summed E-state index contributed by atoms with van der Waals surface area (Å²) in [4.78, 5) is 71.2. The average Bonchev–Trinajstić information content (AvgIpc) is 3.85. The predicted molar refractivity (Wildman–Crippen MR) is 216 cm³/mol. The first kappa shape index (κ1) is 46.4. The molecule has 21 heteroatoms. The van der Waals surface area contributed by atoms with E-state index in [9.17, 15) is 32.7 Å². The fourth-order valence-corrected chi connectivity index (χ4v) is 7.05. The number of carbonyl (C=O) groups excluding carboxylic acids is 5. The van der Waals surface area contributed by atoms with Crippen LogP contribution in [-0.4, -0.2) is 103 Å². The van der Waals surface area contributed by atoms with Gasteiger partial charge in [0.2, 0.25) is 9.70 Å². The van der Waals surface area contributed by atoms with Gasteiger partial charge in [0.1, 0.15) is 30.5 Å². The summed E-state index contributed by atoms with van der Waals surface area (Å²) < 4.78 is 44.4. The molecule has 0 spiro atoms. The summed E-state index contributed by atoms with van der Waals surface area (Å²) in [5.74, 6) is -2.60. The van der Waals surface area contributed by atoms with Gasteiger partial charge in [-0.25, -0.2) is 14.4 Å². The number of furan rings is 1. The molecular formula is C37H42Cl4N5O11S-. The second-order valence-electron chi connectivity index (χ2n) is 12.9. The average molecular weight is 907 g/mol. The van der Waals surface area contributed by atoms with Gasteiger partial charge in [-0.2, -0.15) is 0 Å². The van der Waals surface area contributed by atoms with Gasteiger partial charge in [-0.3, -0.25) is 18.7 Å². The van der Waals surface area contributed by atoms with Crippen molar-refractivity contribution in [1.82, 2.24) is 15.1 Å². The zero-order valence-corrected chi connectivity index (χ0v) is 35.4. The SMILES string of the molecule is CCOC(=O)[C@@H]1CC(NC(=O)c2cc(NS(=O)[O-])c(Cl)cc2NCc2ccco2)CN1C(=O)C(C)N(C(=O)OCC(Cl)(Cl)Cl)[C@@H](CCc1ccccc1)C(=O)OCC. The van der Waals surface area contributed by atoms with Gasteiger partial charge in [-0.05, 0) is 63.4 Å². The van der Waals surface area contributed by atoms with E-state index < -0.39 is 75.7 Å². The van der Waals surface area contributed by atoms with Crippen LogP contribution in [0.3, 0.4) is 0 Å². The summed E-state index contributed by atoms with van der Waals surface area (Å²) in [6, 6.07) is 10.1. The van der Waals surface area contributed by atoms with Gasteiger partial charge in [-0.15, -0.1) is 0 Å². The zero-order valence-electron chi connectivity index (χ0n) is 31.5. The van der Waals surface area contributed by atoms with E-state index in [1.807, 2.05) is 30.3 Å². The Morgan fingerprint density at radius 1 is 1.02 bits per heavy atom. The van der Waals surface area contributed by atoms with Gasteiger partial charge in [-0.1, -0.05) is 76.7 Å². The molecule has 2 aromatic carbocycles. The maximum atomic E-state index is 14.5. The number of alkyl halides is 3. The van der Waals surface area contributed by atoms with E-state index in [1.165, 1.54) is 25.3 Å². The van der Waals surface area contributed by atoms with Crippen molar-refractivity contribution in [3.8, 4) is 0 Å². The number of esters is 2. The molecule has 3 aromatic rings. The second kappa shape index (κ2) is 21.7. The van der Waals surface area contributed by atoms with Crippen LogP contribution < -0.4 is 15.4 Å². The highest BCUT2D eigenvalue weighted by Crippen LogP contribution is 2.32. The molecule has 0 saturated carbocycles. The predicted octanol–water partition coefficient (Wildman–Crippen LogP) is 5.78. The first-order valence-corrected chi connectivity index (χ1v) is 20.6. The van der Waals surface area contributed by atoms with Crippen LogP contribution in [0.1, 0.15) is 55.3 Å². The molecule has 1 saturated heterocycles. The Labute approximate surface area is 357 Å². The monoisotopic (exact) mass is 904 g/mol. The van der Waals surface area contributed by atoms with E-state index >= 15 is 0 Å². The summed E-state index contributed by atoms with van der Waals surface area (Å²) in [7, 11) is 0. The smallest absolute Gasteiger partial charge is 0.411 e. The number of amides is 3. The van der Waals surface area contributed by atoms with Gasteiger partial charge in [0, 0.05) is 36.0 Å². The van der Waals surface area contributed by atoms with E-state index in [0.717, 1.165) is 15.4 Å². The lowest BCUT2D eigenvalue weighted by atomic mass is 10.0. The number of carbonyl (C=O) groups is 5. The molecule has 316 valence electrons. The number of nitrogens with one attached hydrogen (secondary N) is 3. The van der Waals surface area contributed by atoms with Crippen LogP contribution in [0.4, 0.5) is 16.2 Å². The molecule has 3 N–H and O–H groups in total. The highest BCUT2D eigenvalue weighted by molar-refractivity contribution is 7.80. The molecule has 4 rings (SSSR count). The lowest BCUT2D eigenvalue weighted by molar-refractivity contribution is -0.157. The number of anilines is 2. The van der Waals surface area contributed by atoms with Crippen LogP contribution in [0.15, 0.2) is 65.3 Å². The number of hydrogen-bond acceptors (Lipinski definition) is 12. The van der Waals surface area contributed by atoms with Crippen molar-refractivity contribution in [1.29, 1.82) is 0 Å². The van der Waals surface area contributed by atoms with Crippen molar-refractivity contribution in [2.75, 3.05) is 36.4 Å². The number of halogens is 4. The van der Waals surface area contributed by atoms with Gasteiger partial charge in [0.25, 0.3) is 5.91 Å². The van der Waals surface area contributed by atoms with E-state index in [2.05, 4.69) is 15.4 Å². The van der Waals surface area contributed by atoms with Crippen LogP contribution in [0, 0.1) is 0 Å². The Kier molecular flexibility index (Phi) is 17.3. The molecule has 1 fully saturated rings. The Hall–Kier alpha value is -4.26. The van der Waals surface area contributed by atoms with Crippen molar-refractivity contribution >= 4 is 98.9 Å². The molecule has 1 aliphatic heterocycles. The van der Waals surface area contributed by atoms with Crippen LogP contribution in [-0.2, 0) is 52.8 Å². The Bertz CT molecular complexity index is 1920. The topological polar surface area (TPSA) is 209 Å². The molecule has 58 heavy (non-hydrogen) atoms. The maximum absolute atomic E-state index is 14.5. The highest BCUT2D eigenvalue weighted by Gasteiger charge is 2.46. The largest absolute Gasteiger partial charge is 0.755 e. The summed E-state index contributed by atoms with van der Waals surface area (Å²) in [6.07, 6.45) is 0.464. The van der Waals surface area contributed by atoms with Crippen molar-refractivity contribution in [2.45, 2.75) is 74.5 Å². The number of benzene rings is 2. The molecule has 1 aliphatic rings. The summed E-state index contributed by atoms with van der Waals surface area (Å²) in [5, 5.41) is 5.85. The van der Waals surface area contributed by atoms with E-state index in [0.29, 0.717) is 5.76 Å². The fourth-order valence-electron chi connectivity index (χ4n) is 6.27. The zero-order chi connectivity index (χ0) is 42.6. The minimum absolute atomic E-state index is 0.00250. The number of rotatable bonds is 18. The highest BCUT2D eigenvalue weighted by atomic mass is 35.6. The third kappa shape index (κ3) is 13.1. The number of hydrogen-bond donors (Lipinski definition) is 3. The Morgan fingerprint density at radius 3 is 2.34 bits per heavy atom. The normalized spacial score (nSPS) is 16.7. The Morgan fingerprint density at radius 2 is 1.72 bits per heavy atom. The molecule has 5 atom stereocenters. The third-order valence-corrected chi connectivity index (χ3v) is 9.87. The van der Waals surface area contributed by atoms with Crippen molar-refractivity contribution < 1.29 is 51.4 Å². The molecule has 0 aliphatic carbocycles. The number of aryl methyl sites for hydroxylation is 1. The first-order chi connectivity index (χ1) is 27.5. The third-order valence-electron chi connectivity index (χ3n) is 8.84. The fraction of sp³-hybridized carbons (Fsp3) is 0.432. The van der Waals surface area contributed by atoms with E-state index in [4.69, 9.17) is 65.0 Å². The van der Waals surface area contributed by atoms with Crippen LogP contribution in [0.5, 0.6) is 0 Å². The second-order valence-corrected chi connectivity index (χ2v) is 16.5. The summed E-state index contributed by atoms with van der Waals surface area (Å²) in [5.41, 5.74) is 0.922. The summed E-state index contributed by atoms with van der Waals surface area (Å²) >= 11 is 21.2. The molecule has 1 aromatic heterocycles. The van der Waals surface area contributed by atoms with Crippen LogP contribution >= 0.6 is 46.4 Å². The van der Waals surface area contributed by atoms with Gasteiger partial charge in [0.05, 0.1) is 42.3 Å². The van der Waals surface area contributed by atoms with Gasteiger partial charge >= 0.3 is 18.0 Å². The molecule has 3 amide bonds. The quantitative estimate of drug-likeness (QED) is 0.0601. The van der Waals surface area contributed by atoms with Crippen LogP contribution in [0.2, 0.25) is 5.02 Å². The lowest BCUT2D eigenvalue weighted by Crippen LogP contribution is -2.58. The number of nitrogens with zero attached hydrogens (tertiary/aromatic N) is 2. The van der Waals surface area contributed by atoms with Crippen molar-refractivity contribution in [3.05, 3.63) is 82.8 Å². The Balaban J connectivity index is 1.66. The molecule has 2 heterocycles. The number of likely N-dealkylation sites (tertiary alicyclic amines) is 1. The van der Waals surface area contributed by atoms with Crippen LogP contribution in [0.25, 0.3) is 0 Å². The minimum atomic E-state index is -2.78. The molecule has 16 nitrogen and oxygen atoms in total. The van der Waals surface area contributed by atoms with Gasteiger partial charge < -0.3 is 43.4 Å². The van der Waals surface area contributed by atoms with E-state index in [1.54, 1.807) is 26.0 Å². The standard InChI is InChI=1S/C37H43Cl4N5O11S/c1-4-54-34(49)30(14-13-23-10-7-6-8-11-23)46(36(51)57-21-37(39,40)41)22(3)33(48)45-20-24(16-31(45)35(50)55-5-2)43-32(47)26-17-29(44-58(52)53)27(38)18-28(26)42-19-25-12-9-15-56-25/h6-12,15,17-18,22,24,30-31,42,44H,4-5,13-14,16,19-21H2,1-3H3,(H,43,47)(H,52,53)/p-1/t22?,24?,30-,31-/m0/s1. The number of ether oxygens (including phenoxy) is 3. The summed E-state index contributed by atoms with van der Waals surface area (Å²) in [6.45, 7) is 3.60. The van der Waals surface area contributed by atoms with Gasteiger partial charge in [0.15, 0.2) is 0 Å². The minimum Gasteiger partial charge on any atom is -0.755 e. The maximum Gasteiger partial charge on any atom is 0.411 e. The lowest BCUT2D eigenvalue weighted by Gasteiger charge is -2.36. The van der Waals surface area contributed by atoms with Crippen molar-refractivity contribution in [2.24, 2.45) is 0 Å². The molecule has 3 unspecified atom stereocenters. The van der Waals surface area contributed by atoms with Crippen molar-refractivity contribution in [3.63, 3.8) is 0 Å².